The molecule has 9 heteroatoms. The van der Waals surface area contributed by atoms with Gasteiger partial charge in [-0.3, -0.25) is 4.79 Å². The monoisotopic (exact) mass is 564 g/mol. The molecule has 2 heterocycles. The van der Waals surface area contributed by atoms with Gasteiger partial charge in [-0.1, -0.05) is 18.2 Å². The van der Waals surface area contributed by atoms with Gasteiger partial charge in [-0.15, -0.1) is 0 Å². The predicted molar refractivity (Wildman–Crippen MR) is 160 cm³/mol. The smallest absolute Gasteiger partial charge is 0.307 e. The van der Waals surface area contributed by atoms with E-state index >= 15 is 4.39 Å². The molecule has 41 heavy (non-hydrogen) atoms. The lowest BCUT2D eigenvalue weighted by atomic mass is 10.0. The van der Waals surface area contributed by atoms with Crippen molar-refractivity contribution in [1.82, 2.24) is 4.90 Å². The Balaban J connectivity index is 1.84. The summed E-state index contributed by atoms with van der Waals surface area (Å²) in [5, 5.41) is 0. The number of hydrogen-bond acceptors (Lipinski definition) is 7. The lowest BCUT2D eigenvalue weighted by Gasteiger charge is -2.44. The molecular weight excluding hydrogens is 526 g/mol. The molecule has 4 rings (SSSR count). The molecule has 2 aromatic carbocycles. The Hall–Kier alpha value is -4.14. The summed E-state index contributed by atoms with van der Waals surface area (Å²) in [7, 11) is 2.97. The molecule has 1 saturated heterocycles. The summed E-state index contributed by atoms with van der Waals surface area (Å²) in [5.74, 6) is 0.0446. The molecule has 1 unspecified atom stereocenters. The second-order valence-electron chi connectivity index (χ2n) is 10.4. The Morgan fingerprint density at radius 3 is 2.34 bits per heavy atom. The van der Waals surface area contributed by atoms with E-state index in [4.69, 9.17) is 14.5 Å². The van der Waals surface area contributed by atoms with Crippen LogP contribution in [0.25, 0.3) is 0 Å². The number of piperazine rings is 1. The average molecular weight is 565 g/mol. The molecule has 0 aliphatic carbocycles. The lowest BCUT2D eigenvalue weighted by Crippen LogP contribution is -2.56. The van der Waals surface area contributed by atoms with E-state index < -0.39 is 11.9 Å². The van der Waals surface area contributed by atoms with Crippen LogP contribution < -0.4 is 14.5 Å². The summed E-state index contributed by atoms with van der Waals surface area (Å²) in [6.45, 7) is 9.71. The molecule has 0 aromatic heterocycles. The van der Waals surface area contributed by atoms with Gasteiger partial charge in [0.05, 0.1) is 38.1 Å². The van der Waals surface area contributed by atoms with Gasteiger partial charge in [0.1, 0.15) is 17.4 Å². The second kappa shape index (κ2) is 13.0. The quantitative estimate of drug-likeness (QED) is 0.410. The molecule has 0 bridgehead atoms. The van der Waals surface area contributed by atoms with Gasteiger partial charge in [0.25, 0.3) is 0 Å². The third-order valence-corrected chi connectivity index (χ3v) is 7.52. The molecular formula is C32H38F2N4O3. The van der Waals surface area contributed by atoms with Gasteiger partial charge in [-0.25, -0.2) is 13.8 Å². The van der Waals surface area contributed by atoms with Crippen molar-refractivity contribution in [2.24, 2.45) is 4.99 Å². The van der Waals surface area contributed by atoms with E-state index in [-0.39, 0.29) is 23.9 Å². The molecule has 0 saturated carbocycles. The molecule has 0 N–H and O–H groups in total. The summed E-state index contributed by atoms with van der Waals surface area (Å²) in [6.07, 6.45) is 4.87. The summed E-state index contributed by atoms with van der Waals surface area (Å²) >= 11 is 0. The zero-order valence-electron chi connectivity index (χ0n) is 24.6. The number of allylic oxidation sites excluding steroid dienone is 5. The average Bonchev–Trinajstić information content (AvgIpc) is 2.97. The molecule has 218 valence electrons. The van der Waals surface area contributed by atoms with Crippen molar-refractivity contribution in [3.8, 4) is 5.75 Å². The van der Waals surface area contributed by atoms with Crippen molar-refractivity contribution >= 4 is 23.3 Å². The number of rotatable bonds is 5. The van der Waals surface area contributed by atoms with E-state index in [0.717, 1.165) is 16.8 Å². The number of aryl methyl sites for hydroxylation is 2. The minimum Gasteiger partial charge on any atom is -0.495 e. The Morgan fingerprint density at radius 2 is 1.68 bits per heavy atom. The van der Waals surface area contributed by atoms with E-state index in [0.29, 0.717) is 49.1 Å². The summed E-state index contributed by atoms with van der Waals surface area (Å²) in [4.78, 5) is 23.9. The van der Waals surface area contributed by atoms with E-state index in [9.17, 15) is 9.18 Å². The van der Waals surface area contributed by atoms with Crippen LogP contribution in [0.2, 0.25) is 0 Å². The first kappa shape index (κ1) is 29.8. The number of halogens is 2. The fourth-order valence-corrected chi connectivity index (χ4v) is 5.09. The van der Waals surface area contributed by atoms with Crippen LogP contribution in [0.5, 0.6) is 5.75 Å². The molecule has 2 aliphatic rings. The van der Waals surface area contributed by atoms with Crippen LogP contribution in [-0.2, 0) is 9.53 Å². The number of carbonyl (C=O) groups excluding carboxylic acids is 1. The van der Waals surface area contributed by atoms with Gasteiger partial charge < -0.3 is 24.2 Å². The number of benzene rings is 2. The molecule has 2 aliphatic heterocycles. The minimum atomic E-state index is -0.492. The molecule has 2 aromatic rings. The fourth-order valence-electron chi connectivity index (χ4n) is 5.09. The highest BCUT2D eigenvalue weighted by molar-refractivity contribution is 6.00. The predicted octanol–water partition coefficient (Wildman–Crippen LogP) is 6.08. The maximum absolute atomic E-state index is 15.1. The van der Waals surface area contributed by atoms with Crippen LogP contribution in [0.4, 0.5) is 20.2 Å². The molecule has 1 fully saturated rings. The first-order chi connectivity index (χ1) is 19.6. The van der Waals surface area contributed by atoms with Gasteiger partial charge in [0, 0.05) is 31.9 Å². The lowest BCUT2D eigenvalue weighted by molar-refractivity contribution is -0.140. The van der Waals surface area contributed by atoms with E-state index in [1.54, 1.807) is 33.1 Å². The highest BCUT2D eigenvalue weighted by Gasteiger charge is 2.34. The van der Waals surface area contributed by atoms with Crippen molar-refractivity contribution in [3.63, 3.8) is 0 Å². The Kier molecular flexibility index (Phi) is 9.47. The van der Waals surface area contributed by atoms with E-state index in [1.165, 1.54) is 19.3 Å². The number of guanidine groups is 1. The van der Waals surface area contributed by atoms with Crippen LogP contribution >= 0.6 is 0 Å². The van der Waals surface area contributed by atoms with Gasteiger partial charge >= 0.3 is 5.97 Å². The highest BCUT2D eigenvalue weighted by atomic mass is 19.1. The standard InChI is InChI=1S/C32H38F2N4O3/c1-21-10-13-30(40-5)29(18-21)38-28(20-31(39)41-6)22(2)8-7-9-27(34)24(4)35-32(38)37-16-14-36(15-17-37)25-11-12-26(33)23(3)19-25/h7-13,18-19,28H,14-17,20H2,1-6H3/b9-7-,22-8+,27-24-,35-32-. The van der Waals surface area contributed by atoms with Gasteiger partial charge in [0.15, 0.2) is 0 Å². The van der Waals surface area contributed by atoms with Crippen LogP contribution in [-0.4, -0.2) is 63.3 Å². The minimum absolute atomic E-state index is 0.0445. The van der Waals surface area contributed by atoms with Crippen LogP contribution in [0.1, 0.15) is 31.4 Å². The normalized spacial score (nSPS) is 23.3. The molecule has 7 nitrogen and oxygen atoms in total. The molecule has 0 amide bonds. The third-order valence-electron chi connectivity index (χ3n) is 7.52. The summed E-state index contributed by atoms with van der Waals surface area (Å²) in [6, 6.07) is 10.5. The Labute approximate surface area is 241 Å². The van der Waals surface area contributed by atoms with E-state index in [1.807, 2.05) is 49.1 Å². The van der Waals surface area contributed by atoms with Crippen molar-refractivity contribution in [1.29, 1.82) is 0 Å². The SMILES string of the molecule is COC(=O)CC1/C(C)=C/C=C\C(F)=C(C)\N=C(\N2CCN(c3ccc(F)c(C)c3)CC2)N1c1cc(C)ccc1OC. The maximum atomic E-state index is 15.1. The van der Waals surface area contributed by atoms with E-state index in [2.05, 4.69) is 9.80 Å². The number of esters is 1. The third kappa shape index (κ3) is 6.78. The largest absolute Gasteiger partial charge is 0.495 e. The first-order valence-corrected chi connectivity index (χ1v) is 13.7. The van der Waals surface area contributed by atoms with Crippen LogP contribution in [0.3, 0.4) is 0 Å². The number of carbonyl (C=O) groups is 1. The topological polar surface area (TPSA) is 57.6 Å². The highest BCUT2D eigenvalue weighted by Crippen LogP contribution is 2.35. The van der Waals surface area contributed by atoms with Crippen molar-refractivity contribution < 1.29 is 23.0 Å². The molecule has 1 atom stereocenters. The Bertz CT molecular complexity index is 1410. The second-order valence-corrected chi connectivity index (χ2v) is 10.4. The fraction of sp³-hybridized carbons (Fsp3) is 0.375. The number of hydrogen-bond donors (Lipinski definition) is 0. The Morgan fingerprint density at radius 1 is 0.976 bits per heavy atom. The van der Waals surface area contributed by atoms with Gasteiger partial charge in [-0.2, -0.15) is 0 Å². The number of methoxy groups -OCH3 is 2. The number of nitrogens with zero attached hydrogens (tertiary/aromatic N) is 4. The number of anilines is 2. The zero-order chi connectivity index (χ0) is 29.7. The summed E-state index contributed by atoms with van der Waals surface area (Å²) < 4.78 is 39.9. The number of ether oxygens (including phenoxy) is 2. The van der Waals surface area contributed by atoms with Crippen molar-refractivity contribution in [2.75, 3.05) is 50.2 Å². The van der Waals surface area contributed by atoms with Crippen molar-refractivity contribution in [3.05, 3.63) is 88.7 Å². The zero-order valence-corrected chi connectivity index (χ0v) is 24.6. The van der Waals surface area contributed by atoms with Crippen molar-refractivity contribution in [2.45, 2.75) is 40.2 Å². The molecule has 0 radical (unpaired) electrons. The van der Waals surface area contributed by atoms with Gasteiger partial charge in [0.2, 0.25) is 5.96 Å². The van der Waals surface area contributed by atoms with Crippen LogP contribution in [0, 0.1) is 19.7 Å². The van der Waals surface area contributed by atoms with Crippen LogP contribution in [0.15, 0.2) is 76.7 Å². The number of aliphatic imine (C=N–C) groups is 1. The van der Waals surface area contributed by atoms with Gasteiger partial charge in [-0.05, 0) is 80.8 Å². The summed E-state index contributed by atoms with van der Waals surface area (Å²) in [5.41, 5.74) is 4.29. The maximum Gasteiger partial charge on any atom is 0.307 e. The first-order valence-electron chi connectivity index (χ1n) is 13.7. The molecule has 0 spiro atoms.